The fourth-order valence-electron chi connectivity index (χ4n) is 2.43. The molecule has 3 aromatic rings. The van der Waals surface area contributed by atoms with Crippen LogP contribution in [0.1, 0.15) is 27.6 Å². The molecule has 0 saturated heterocycles. The molecule has 0 unspecified atom stereocenters. The van der Waals surface area contributed by atoms with Crippen molar-refractivity contribution in [2.75, 3.05) is 17.7 Å². The summed E-state index contributed by atoms with van der Waals surface area (Å²) in [4.78, 5) is 27.8. The molecule has 6 nitrogen and oxygen atoms in total. The minimum atomic E-state index is -0.245. The van der Waals surface area contributed by atoms with Crippen LogP contribution in [0.15, 0.2) is 66.9 Å². The molecule has 1 heterocycles. The normalized spacial score (nSPS) is 10.1. The van der Waals surface area contributed by atoms with Gasteiger partial charge in [0.05, 0.1) is 19.0 Å². The zero-order valence-electron chi connectivity index (χ0n) is 15.0. The molecule has 0 saturated carbocycles. The Bertz CT molecular complexity index is 934. The second-order valence-corrected chi connectivity index (χ2v) is 5.87. The summed E-state index contributed by atoms with van der Waals surface area (Å²) in [6.07, 6.45) is 1.63. The van der Waals surface area contributed by atoms with E-state index in [0.29, 0.717) is 22.7 Å². The number of carbonyl (C=O) groups is 2. The first-order valence-corrected chi connectivity index (χ1v) is 8.34. The highest BCUT2D eigenvalue weighted by atomic mass is 16.5. The molecule has 2 aromatic carbocycles. The smallest absolute Gasteiger partial charge is 0.256 e. The highest BCUT2D eigenvalue weighted by molar-refractivity contribution is 6.03. The van der Waals surface area contributed by atoms with Crippen LogP contribution in [-0.4, -0.2) is 23.8 Å². The monoisotopic (exact) mass is 361 g/mol. The topological polar surface area (TPSA) is 80.3 Å². The van der Waals surface area contributed by atoms with Crippen molar-refractivity contribution in [2.45, 2.75) is 6.92 Å². The number of nitrogens with one attached hydrogen (secondary N) is 2. The number of Topliss-reactive ketones (excluding diaryl/α,β-unsaturated/α-hetero) is 1. The van der Waals surface area contributed by atoms with Crippen molar-refractivity contribution >= 4 is 28.9 Å². The van der Waals surface area contributed by atoms with Gasteiger partial charge in [0, 0.05) is 16.8 Å². The third-order valence-corrected chi connectivity index (χ3v) is 3.94. The lowest BCUT2D eigenvalue weighted by atomic mass is 10.1. The minimum absolute atomic E-state index is 0.0279. The van der Waals surface area contributed by atoms with E-state index in [1.165, 1.54) is 6.92 Å². The van der Waals surface area contributed by atoms with E-state index in [2.05, 4.69) is 15.6 Å². The van der Waals surface area contributed by atoms with Crippen molar-refractivity contribution in [1.29, 1.82) is 0 Å². The van der Waals surface area contributed by atoms with E-state index in [1.54, 1.807) is 55.8 Å². The van der Waals surface area contributed by atoms with E-state index in [1.807, 2.05) is 18.2 Å². The average Bonchev–Trinajstić information content (AvgIpc) is 2.70. The number of hydrogen-bond donors (Lipinski definition) is 2. The maximum Gasteiger partial charge on any atom is 0.256 e. The number of amides is 1. The molecule has 0 radical (unpaired) electrons. The Labute approximate surface area is 157 Å². The molecule has 1 aromatic heterocycles. The van der Waals surface area contributed by atoms with E-state index < -0.39 is 0 Å². The van der Waals surface area contributed by atoms with Crippen LogP contribution in [-0.2, 0) is 0 Å². The molecule has 0 aliphatic carbocycles. The molecule has 136 valence electrons. The van der Waals surface area contributed by atoms with Crippen molar-refractivity contribution in [3.63, 3.8) is 0 Å². The molecule has 0 aliphatic heterocycles. The molecule has 0 fully saturated rings. The van der Waals surface area contributed by atoms with Crippen LogP contribution < -0.4 is 15.4 Å². The van der Waals surface area contributed by atoms with Crippen molar-refractivity contribution in [2.24, 2.45) is 0 Å². The first kappa shape index (κ1) is 18.1. The van der Waals surface area contributed by atoms with Gasteiger partial charge in [-0.15, -0.1) is 0 Å². The summed E-state index contributed by atoms with van der Waals surface area (Å²) in [5.41, 5.74) is 2.80. The van der Waals surface area contributed by atoms with Crippen molar-refractivity contribution in [3.05, 3.63) is 78.0 Å². The number of ketones is 1. The zero-order chi connectivity index (χ0) is 19.2. The summed E-state index contributed by atoms with van der Waals surface area (Å²) >= 11 is 0. The number of aromatic nitrogens is 1. The van der Waals surface area contributed by atoms with Gasteiger partial charge < -0.3 is 15.4 Å². The number of ether oxygens (including phenoxy) is 1. The molecule has 3 rings (SSSR count). The van der Waals surface area contributed by atoms with Crippen LogP contribution in [0, 0.1) is 0 Å². The second kappa shape index (κ2) is 8.14. The lowest BCUT2D eigenvalue weighted by Gasteiger charge is -2.09. The fourth-order valence-corrected chi connectivity index (χ4v) is 2.43. The number of carbonyl (C=O) groups excluding carboxylic acids is 2. The van der Waals surface area contributed by atoms with Crippen LogP contribution in [0.25, 0.3) is 0 Å². The summed E-state index contributed by atoms with van der Waals surface area (Å²) in [7, 11) is 1.58. The van der Waals surface area contributed by atoms with Crippen LogP contribution >= 0.6 is 0 Å². The highest BCUT2D eigenvalue weighted by Gasteiger charge is 2.07. The van der Waals surface area contributed by atoms with Crippen molar-refractivity contribution in [1.82, 2.24) is 4.98 Å². The van der Waals surface area contributed by atoms with Gasteiger partial charge in [-0.3, -0.25) is 9.59 Å². The van der Waals surface area contributed by atoms with E-state index in [-0.39, 0.29) is 11.7 Å². The average molecular weight is 361 g/mol. The first-order valence-electron chi connectivity index (χ1n) is 8.34. The Morgan fingerprint density at radius 1 is 0.852 bits per heavy atom. The summed E-state index contributed by atoms with van der Waals surface area (Å²) < 4.78 is 5.08. The lowest BCUT2D eigenvalue weighted by Crippen LogP contribution is -2.12. The van der Waals surface area contributed by atoms with Gasteiger partial charge in [0.15, 0.2) is 5.78 Å². The van der Waals surface area contributed by atoms with E-state index in [0.717, 1.165) is 11.4 Å². The standard InChI is InChI=1S/C21H19N3O3/c1-14(25)15-3-7-17(8-4-15)23-18-9-12-20(22-13-18)24-21(26)16-5-10-19(27-2)11-6-16/h3-13,23H,1-2H3,(H,22,24,26). The SMILES string of the molecule is COc1ccc(C(=O)Nc2ccc(Nc3ccc(C(C)=O)cc3)cn2)cc1. The predicted octanol–water partition coefficient (Wildman–Crippen LogP) is 4.29. The predicted molar refractivity (Wildman–Crippen MR) is 105 cm³/mol. The van der Waals surface area contributed by atoms with Crippen LogP contribution in [0.3, 0.4) is 0 Å². The van der Waals surface area contributed by atoms with Gasteiger partial charge in [0.25, 0.3) is 5.91 Å². The third-order valence-electron chi connectivity index (χ3n) is 3.94. The molecule has 0 atom stereocenters. The van der Waals surface area contributed by atoms with Gasteiger partial charge in [-0.25, -0.2) is 4.98 Å². The van der Waals surface area contributed by atoms with Gasteiger partial charge in [-0.05, 0) is 67.6 Å². The quantitative estimate of drug-likeness (QED) is 0.640. The van der Waals surface area contributed by atoms with E-state index >= 15 is 0 Å². The van der Waals surface area contributed by atoms with Crippen LogP contribution in [0.4, 0.5) is 17.2 Å². The van der Waals surface area contributed by atoms with E-state index in [9.17, 15) is 9.59 Å². The van der Waals surface area contributed by atoms with Crippen molar-refractivity contribution < 1.29 is 14.3 Å². The molecule has 0 bridgehead atoms. The summed E-state index contributed by atoms with van der Waals surface area (Å²) in [6.45, 7) is 1.53. The lowest BCUT2D eigenvalue weighted by molar-refractivity contribution is 0.101. The third kappa shape index (κ3) is 4.70. The van der Waals surface area contributed by atoms with Crippen LogP contribution in [0.5, 0.6) is 5.75 Å². The first-order chi connectivity index (χ1) is 13.0. The molecule has 1 amide bonds. The minimum Gasteiger partial charge on any atom is -0.497 e. The van der Waals surface area contributed by atoms with Gasteiger partial charge in [-0.2, -0.15) is 0 Å². The molecule has 6 heteroatoms. The molecule has 0 aliphatic rings. The number of anilines is 3. The van der Waals surface area contributed by atoms with Gasteiger partial charge in [-0.1, -0.05) is 0 Å². The van der Waals surface area contributed by atoms with Crippen LogP contribution in [0.2, 0.25) is 0 Å². The van der Waals surface area contributed by atoms with Gasteiger partial charge in [0.1, 0.15) is 11.6 Å². The second-order valence-electron chi connectivity index (χ2n) is 5.87. The fraction of sp³-hybridized carbons (Fsp3) is 0.0952. The Morgan fingerprint density at radius 2 is 1.48 bits per heavy atom. The molecular weight excluding hydrogens is 342 g/mol. The molecular formula is C21H19N3O3. The molecule has 0 spiro atoms. The Morgan fingerprint density at radius 3 is 2.04 bits per heavy atom. The highest BCUT2D eigenvalue weighted by Crippen LogP contribution is 2.18. The summed E-state index contributed by atoms with van der Waals surface area (Å²) in [5, 5.41) is 5.95. The van der Waals surface area contributed by atoms with E-state index in [4.69, 9.17) is 4.74 Å². The molecule has 27 heavy (non-hydrogen) atoms. The Kier molecular flexibility index (Phi) is 5.47. The van der Waals surface area contributed by atoms with Gasteiger partial charge in [0.2, 0.25) is 0 Å². The zero-order valence-corrected chi connectivity index (χ0v) is 15.0. The maximum atomic E-state index is 12.2. The van der Waals surface area contributed by atoms with Gasteiger partial charge >= 0.3 is 0 Å². The number of methoxy groups -OCH3 is 1. The largest absolute Gasteiger partial charge is 0.497 e. The maximum absolute atomic E-state index is 12.2. The Balaban J connectivity index is 1.62. The number of rotatable bonds is 6. The summed E-state index contributed by atoms with van der Waals surface area (Å²) in [6, 6.07) is 17.6. The number of nitrogens with zero attached hydrogens (tertiary/aromatic N) is 1. The molecule has 2 N–H and O–H groups in total. The number of benzene rings is 2. The summed E-state index contributed by atoms with van der Waals surface area (Å²) in [5.74, 6) is 0.926. The van der Waals surface area contributed by atoms with Crippen molar-refractivity contribution in [3.8, 4) is 5.75 Å². The Hall–Kier alpha value is -3.67. The number of pyridine rings is 1. The number of hydrogen-bond acceptors (Lipinski definition) is 5.